The highest BCUT2D eigenvalue weighted by Crippen LogP contribution is 2.42. The second-order valence-electron chi connectivity index (χ2n) is 7.31. The third kappa shape index (κ3) is 5.73. The van der Waals surface area contributed by atoms with E-state index < -0.39 is 36.3 Å². The minimum Gasteiger partial charge on any atom is -0.464 e. The standard InChI is InChI=1S/C16H16F2N2O6.C6H7N/c1-3-24-14(22)10-7-13(21)20(10)15(23)19-8(2)9-4-5-11-12(6-9)26-16(17,18)25-11;1-6-3-2-4-7-5-6/h4-6,8,10H,3,7H2,1-2H3,(H,19,23);2-5H,1H3/t8?,10-;/m0./s1. The molecule has 11 heteroatoms. The van der Waals surface area contributed by atoms with Gasteiger partial charge in [-0.15, -0.1) is 8.78 Å². The van der Waals surface area contributed by atoms with E-state index in [0.717, 1.165) is 4.90 Å². The van der Waals surface area contributed by atoms with E-state index in [1.807, 2.05) is 25.3 Å². The Bertz CT molecular complexity index is 1030. The van der Waals surface area contributed by atoms with Gasteiger partial charge >= 0.3 is 18.3 Å². The Morgan fingerprint density at radius 2 is 2.03 bits per heavy atom. The average Bonchev–Trinajstić information content (AvgIpc) is 3.05. The van der Waals surface area contributed by atoms with E-state index in [2.05, 4.69) is 19.8 Å². The Balaban J connectivity index is 0.000000374. The molecule has 0 aliphatic carbocycles. The maximum absolute atomic E-state index is 13.1. The fourth-order valence-electron chi connectivity index (χ4n) is 3.12. The highest BCUT2D eigenvalue weighted by molar-refractivity contribution is 6.06. The van der Waals surface area contributed by atoms with Crippen LogP contribution in [-0.2, 0) is 14.3 Å². The fourth-order valence-corrected chi connectivity index (χ4v) is 3.12. The summed E-state index contributed by atoms with van der Waals surface area (Å²) in [6, 6.07) is 5.67. The number of carbonyl (C=O) groups is 3. The molecule has 3 amide bonds. The van der Waals surface area contributed by atoms with Crippen molar-refractivity contribution in [2.45, 2.75) is 45.6 Å². The van der Waals surface area contributed by atoms with E-state index >= 15 is 0 Å². The predicted octanol–water partition coefficient (Wildman–Crippen LogP) is 3.33. The van der Waals surface area contributed by atoms with Gasteiger partial charge in [-0.2, -0.15) is 0 Å². The lowest BCUT2D eigenvalue weighted by Gasteiger charge is -2.37. The second kappa shape index (κ2) is 9.80. The molecule has 1 fully saturated rings. The number of carbonyl (C=O) groups excluding carboxylic acids is 3. The van der Waals surface area contributed by atoms with Crippen LogP contribution in [0.3, 0.4) is 0 Å². The van der Waals surface area contributed by atoms with Gasteiger partial charge in [0.05, 0.1) is 19.1 Å². The summed E-state index contributed by atoms with van der Waals surface area (Å²) in [7, 11) is 0. The van der Waals surface area contributed by atoms with Crippen LogP contribution in [0.1, 0.15) is 37.4 Å². The number of likely N-dealkylation sites (tertiary alicyclic amines) is 1. The van der Waals surface area contributed by atoms with Gasteiger partial charge in [0.2, 0.25) is 5.91 Å². The van der Waals surface area contributed by atoms with Crippen molar-refractivity contribution in [3.63, 3.8) is 0 Å². The summed E-state index contributed by atoms with van der Waals surface area (Å²) in [5.41, 5.74) is 1.67. The molecule has 1 unspecified atom stereocenters. The topological polar surface area (TPSA) is 107 Å². The Labute approximate surface area is 188 Å². The molecule has 2 aliphatic heterocycles. The third-order valence-electron chi connectivity index (χ3n) is 4.80. The van der Waals surface area contributed by atoms with Gasteiger partial charge < -0.3 is 19.5 Å². The van der Waals surface area contributed by atoms with Gasteiger partial charge in [-0.3, -0.25) is 9.78 Å². The molecular formula is C22H23F2N3O6. The molecule has 1 N–H and O–H groups in total. The number of alkyl halides is 2. The number of aromatic nitrogens is 1. The number of hydrogen-bond donors (Lipinski definition) is 1. The first-order valence-electron chi connectivity index (χ1n) is 10.2. The van der Waals surface area contributed by atoms with Gasteiger partial charge in [-0.25, -0.2) is 14.5 Å². The number of esters is 1. The van der Waals surface area contributed by atoms with Crippen LogP contribution in [0.15, 0.2) is 42.7 Å². The number of benzene rings is 1. The smallest absolute Gasteiger partial charge is 0.464 e. The number of urea groups is 1. The summed E-state index contributed by atoms with van der Waals surface area (Å²) in [4.78, 5) is 40.4. The number of imide groups is 1. The molecular weight excluding hydrogens is 440 g/mol. The molecule has 4 rings (SSSR count). The molecule has 1 saturated heterocycles. The largest absolute Gasteiger partial charge is 0.586 e. The van der Waals surface area contributed by atoms with Crippen LogP contribution in [-0.4, -0.2) is 46.7 Å². The molecule has 2 atom stereocenters. The third-order valence-corrected chi connectivity index (χ3v) is 4.80. The molecule has 176 valence electrons. The first-order chi connectivity index (χ1) is 15.6. The van der Waals surface area contributed by atoms with Crippen LogP contribution in [0.5, 0.6) is 11.5 Å². The Hall–Kier alpha value is -3.76. The minimum atomic E-state index is -3.73. The highest BCUT2D eigenvalue weighted by Gasteiger charge is 2.47. The van der Waals surface area contributed by atoms with E-state index in [-0.39, 0.29) is 24.5 Å². The number of β-lactam (4-membered cyclic amide) rings is 1. The van der Waals surface area contributed by atoms with Crippen LogP contribution in [0.2, 0.25) is 0 Å². The number of ether oxygens (including phenoxy) is 3. The number of hydrogen-bond acceptors (Lipinski definition) is 7. The van der Waals surface area contributed by atoms with Crippen molar-refractivity contribution in [1.82, 2.24) is 15.2 Å². The van der Waals surface area contributed by atoms with Crippen LogP contribution in [0.4, 0.5) is 13.6 Å². The van der Waals surface area contributed by atoms with Crippen LogP contribution < -0.4 is 14.8 Å². The Morgan fingerprint density at radius 3 is 2.61 bits per heavy atom. The number of rotatable bonds is 4. The number of nitrogens with one attached hydrogen (secondary N) is 1. The zero-order valence-corrected chi connectivity index (χ0v) is 18.2. The van der Waals surface area contributed by atoms with Crippen molar-refractivity contribution in [2.24, 2.45) is 0 Å². The van der Waals surface area contributed by atoms with Crippen molar-refractivity contribution in [3.8, 4) is 11.5 Å². The van der Waals surface area contributed by atoms with Gasteiger partial charge in [-0.05, 0) is 50.1 Å². The molecule has 33 heavy (non-hydrogen) atoms. The first-order valence-corrected chi connectivity index (χ1v) is 10.2. The number of nitrogens with zero attached hydrogens (tertiary/aromatic N) is 2. The predicted molar refractivity (Wildman–Crippen MR) is 110 cm³/mol. The van der Waals surface area contributed by atoms with Crippen molar-refractivity contribution < 1.29 is 37.4 Å². The van der Waals surface area contributed by atoms with Crippen LogP contribution >= 0.6 is 0 Å². The monoisotopic (exact) mass is 463 g/mol. The zero-order valence-electron chi connectivity index (χ0n) is 18.2. The number of halogens is 2. The molecule has 1 aromatic heterocycles. The maximum atomic E-state index is 13.1. The summed E-state index contributed by atoms with van der Waals surface area (Å²) in [6.07, 6.45) is -0.225. The van der Waals surface area contributed by atoms with E-state index in [1.165, 1.54) is 23.8 Å². The van der Waals surface area contributed by atoms with Crippen molar-refractivity contribution >= 4 is 17.9 Å². The lowest BCUT2D eigenvalue weighted by Crippen LogP contribution is -2.62. The Kier molecular flexibility index (Phi) is 7.10. The molecule has 0 spiro atoms. The molecule has 2 aliphatic rings. The van der Waals surface area contributed by atoms with Gasteiger partial charge in [0.25, 0.3) is 0 Å². The fraction of sp³-hybridized carbons (Fsp3) is 0.364. The van der Waals surface area contributed by atoms with Gasteiger partial charge in [0.1, 0.15) is 6.04 Å². The molecule has 0 radical (unpaired) electrons. The van der Waals surface area contributed by atoms with E-state index in [9.17, 15) is 23.2 Å². The van der Waals surface area contributed by atoms with Crippen molar-refractivity contribution in [1.29, 1.82) is 0 Å². The highest BCUT2D eigenvalue weighted by atomic mass is 19.3. The summed E-state index contributed by atoms with van der Waals surface area (Å²) in [6.45, 7) is 5.37. The molecule has 2 aromatic rings. The van der Waals surface area contributed by atoms with E-state index in [0.29, 0.717) is 5.56 Å². The van der Waals surface area contributed by atoms with E-state index in [4.69, 9.17) is 4.74 Å². The average molecular weight is 463 g/mol. The second-order valence-corrected chi connectivity index (χ2v) is 7.31. The summed E-state index contributed by atoms with van der Waals surface area (Å²) >= 11 is 0. The first kappa shape index (κ1) is 23.9. The molecule has 0 bridgehead atoms. The number of pyridine rings is 1. The SMILES string of the molecule is CCOC(=O)[C@@H]1CC(=O)N1C(=O)NC(C)c1ccc2c(c1)OC(F)(F)O2.Cc1cccnc1. The lowest BCUT2D eigenvalue weighted by atomic mass is 10.0. The van der Waals surface area contributed by atoms with Gasteiger partial charge in [0.15, 0.2) is 11.5 Å². The number of aryl methyl sites for hydroxylation is 1. The zero-order chi connectivity index (χ0) is 24.2. The quantitative estimate of drug-likeness (QED) is 0.547. The minimum absolute atomic E-state index is 0.0975. The number of amides is 3. The van der Waals surface area contributed by atoms with Crippen LogP contribution in [0.25, 0.3) is 0 Å². The van der Waals surface area contributed by atoms with E-state index in [1.54, 1.807) is 20.0 Å². The Morgan fingerprint density at radius 1 is 1.30 bits per heavy atom. The van der Waals surface area contributed by atoms with Gasteiger partial charge in [0, 0.05) is 12.4 Å². The molecule has 9 nitrogen and oxygen atoms in total. The molecule has 3 heterocycles. The maximum Gasteiger partial charge on any atom is 0.586 e. The van der Waals surface area contributed by atoms with Crippen molar-refractivity contribution in [2.75, 3.05) is 6.61 Å². The summed E-state index contributed by atoms with van der Waals surface area (Å²) in [5, 5.41) is 2.54. The molecule has 0 saturated carbocycles. The van der Waals surface area contributed by atoms with Crippen LogP contribution in [0, 0.1) is 6.92 Å². The molecule has 1 aromatic carbocycles. The number of fused-ring (bicyclic) bond motifs is 1. The van der Waals surface area contributed by atoms with Crippen molar-refractivity contribution in [3.05, 3.63) is 53.9 Å². The lowest BCUT2D eigenvalue weighted by molar-refractivity contribution is -0.286. The summed E-state index contributed by atoms with van der Waals surface area (Å²) < 4.78 is 39.6. The van der Waals surface area contributed by atoms with Gasteiger partial charge in [-0.1, -0.05) is 12.1 Å². The normalized spacial score (nSPS) is 18.4. The summed E-state index contributed by atoms with van der Waals surface area (Å²) in [5.74, 6) is -1.42.